The Bertz CT molecular complexity index is 1250. The summed E-state index contributed by atoms with van der Waals surface area (Å²) in [6.07, 6.45) is 0. The summed E-state index contributed by atoms with van der Waals surface area (Å²) in [5.74, 6) is 2.89. The van der Waals surface area contributed by atoms with Crippen molar-refractivity contribution in [3.05, 3.63) is 133 Å². The quantitative estimate of drug-likeness (QED) is 0.251. The lowest BCUT2D eigenvalue weighted by Gasteiger charge is -2.12. The van der Waals surface area contributed by atoms with E-state index in [-0.39, 0.29) is 0 Å². The van der Waals surface area contributed by atoms with Gasteiger partial charge in [-0.2, -0.15) is 0 Å². The van der Waals surface area contributed by atoms with Crippen LogP contribution in [0.15, 0.2) is 133 Å². The zero-order chi connectivity index (χ0) is 23.0. The second-order valence-electron chi connectivity index (χ2n) is 7.72. The van der Waals surface area contributed by atoms with Gasteiger partial charge in [-0.3, -0.25) is 0 Å². The Morgan fingerprint density at radius 3 is 1.12 bits per heavy atom. The van der Waals surface area contributed by atoms with Crippen LogP contribution < -0.4 is 20.1 Å². The zero-order valence-electron chi connectivity index (χ0n) is 18.5. The van der Waals surface area contributed by atoms with Crippen LogP contribution in [0.3, 0.4) is 0 Å². The Morgan fingerprint density at radius 1 is 0.324 bits per heavy atom. The van der Waals surface area contributed by atoms with E-state index in [1.54, 1.807) is 0 Å². The molecule has 2 N–H and O–H groups in total. The monoisotopic (exact) mass is 444 g/mol. The minimum absolute atomic E-state index is 0.702. The molecule has 166 valence electrons. The molecule has 0 atom stereocenters. The van der Waals surface area contributed by atoms with E-state index in [1.807, 2.05) is 133 Å². The lowest BCUT2D eigenvalue weighted by Crippen LogP contribution is -1.92. The van der Waals surface area contributed by atoms with Crippen LogP contribution in [0.5, 0.6) is 23.0 Å². The molecule has 0 spiro atoms. The summed E-state index contributed by atoms with van der Waals surface area (Å²) in [4.78, 5) is 0. The third-order valence-electron chi connectivity index (χ3n) is 5.07. The fourth-order valence-electron chi connectivity index (χ4n) is 3.52. The van der Waals surface area contributed by atoms with Crippen molar-refractivity contribution >= 4 is 22.7 Å². The van der Waals surface area contributed by atoms with Gasteiger partial charge in [0, 0.05) is 40.9 Å². The summed E-state index contributed by atoms with van der Waals surface area (Å²) in [6.45, 7) is 0. The van der Waals surface area contributed by atoms with Gasteiger partial charge in [-0.1, -0.05) is 54.6 Å². The van der Waals surface area contributed by atoms with Crippen molar-refractivity contribution in [1.29, 1.82) is 0 Å². The molecule has 0 bridgehead atoms. The van der Waals surface area contributed by atoms with Gasteiger partial charge in [-0.05, 0) is 60.7 Å². The van der Waals surface area contributed by atoms with Crippen LogP contribution in [-0.2, 0) is 0 Å². The van der Waals surface area contributed by atoms with Crippen LogP contribution in [0.1, 0.15) is 0 Å². The van der Waals surface area contributed by atoms with E-state index in [9.17, 15) is 0 Å². The highest BCUT2D eigenvalue weighted by molar-refractivity contribution is 5.62. The Hall–Kier alpha value is -4.70. The second kappa shape index (κ2) is 10.3. The molecule has 0 aliphatic rings. The summed E-state index contributed by atoms with van der Waals surface area (Å²) in [5.41, 5.74) is 3.97. The maximum absolute atomic E-state index is 6.11. The molecule has 5 aromatic carbocycles. The average Bonchev–Trinajstić information content (AvgIpc) is 2.86. The highest BCUT2D eigenvalue weighted by atomic mass is 16.5. The summed E-state index contributed by atoms with van der Waals surface area (Å²) in [5, 5.41) is 6.77. The van der Waals surface area contributed by atoms with Crippen LogP contribution >= 0.6 is 0 Å². The second-order valence-corrected chi connectivity index (χ2v) is 7.72. The smallest absolute Gasteiger partial charge is 0.131 e. The SMILES string of the molecule is c1ccc(Nc2cccc(Oc3cccc(Oc4cccc(Nc5ccccc5)c4)c3)c2)cc1. The molecule has 0 heterocycles. The predicted molar refractivity (Wildman–Crippen MR) is 139 cm³/mol. The molecule has 5 aromatic rings. The van der Waals surface area contributed by atoms with Crippen molar-refractivity contribution in [2.45, 2.75) is 0 Å². The van der Waals surface area contributed by atoms with Crippen molar-refractivity contribution < 1.29 is 9.47 Å². The first kappa shape index (κ1) is 21.2. The molecule has 34 heavy (non-hydrogen) atoms. The number of nitrogens with one attached hydrogen (secondary N) is 2. The highest BCUT2D eigenvalue weighted by Crippen LogP contribution is 2.31. The Kier molecular flexibility index (Phi) is 6.40. The first-order chi connectivity index (χ1) is 16.8. The van der Waals surface area contributed by atoms with E-state index < -0.39 is 0 Å². The molecule has 0 amide bonds. The minimum atomic E-state index is 0.702. The van der Waals surface area contributed by atoms with Crippen molar-refractivity contribution in [1.82, 2.24) is 0 Å². The first-order valence-electron chi connectivity index (χ1n) is 11.1. The molecule has 0 radical (unpaired) electrons. The fourth-order valence-corrected chi connectivity index (χ4v) is 3.52. The van der Waals surface area contributed by atoms with Crippen molar-refractivity contribution in [3.63, 3.8) is 0 Å². The summed E-state index contributed by atoms with van der Waals surface area (Å²) < 4.78 is 12.2. The van der Waals surface area contributed by atoms with Crippen molar-refractivity contribution in [2.75, 3.05) is 10.6 Å². The lowest BCUT2D eigenvalue weighted by atomic mass is 10.2. The minimum Gasteiger partial charge on any atom is -0.457 e. The van der Waals surface area contributed by atoms with Gasteiger partial charge < -0.3 is 20.1 Å². The van der Waals surface area contributed by atoms with E-state index in [4.69, 9.17) is 9.47 Å². The third kappa shape index (κ3) is 5.75. The van der Waals surface area contributed by atoms with Crippen LogP contribution in [0.4, 0.5) is 22.7 Å². The molecule has 0 fully saturated rings. The number of benzene rings is 5. The van der Waals surface area contributed by atoms with Crippen molar-refractivity contribution in [2.24, 2.45) is 0 Å². The van der Waals surface area contributed by atoms with E-state index in [0.29, 0.717) is 11.5 Å². The Morgan fingerprint density at radius 2 is 0.676 bits per heavy atom. The summed E-state index contributed by atoms with van der Waals surface area (Å²) in [6, 6.07) is 43.5. The van der Waals surface area contributed by atoms with Gasteiger partial charge in [0.25, 0.3) is 0 Å². The van der Waals surface area contributed by atoms with Crippen LogP contribution in [-0.4, -0.2) is 0 Å². The van der Waals surface area contributed by atoms with E-state index in [0.717, 1.165) is 34.2 Å². The van der Waals surface area contributed by atoms with Crippen LogP contribution in [0.25, 0.3) is 0 Å². The standard InChI is InChI=1S/C30H24N2O2/c1-3-10-23(11-4-1)31-25-14-7-16-27(20-25)33-29-18-9-19-30(22-29)34-28-17-8-15-26(21-28)32-24-12-5-2-6-13-24/h1-22,31-32H. The van der Waals surface area contributed by atoms with Crippen molar-refractivity contribution in [3.8, 4) is 23.0 Å². The normalized spacial score (nSPS) is 10.4. The number of hydrogen-bond donors (Lipinski definition) is 2. The van der Waals surface area contributed by atoms with Crippen LogP contribution in [0, 0.1) is 0 Å². The van der Waals surface area contributed by atoms with E-state index in [2.05, 4.69) is 10.6 Å². The lowest BCUT2D eigenvalue weighted by molar-refractivity contribution is 0.460. The van der Waals surface area contributed by atoms with Crippen LogP contribution in [0.2, 0.25) is 0 Å². The number of para-hydroxylation sites is 2. The van der Waals surface area contributed by atoms with E-state index >= 15 is 0 Å². The molecular formula is C30H24N2O2. The van der Waals surface area contributed by atoms with Gasteiger partial charge in [0.05, 0.1) is 0 Å². The predicted octanol–water partition coefficient (Wildman–Crippen LogP) is 8.76. The molecule has 4 nitrogen and oxygen atoms in total. The summed E-state index contributed by atoms with van der Waals surface area (Å²) in [7, 11) is 0. The molecule has 0 aliphatic heterocycles. The Balaban J connectivity index is 1.26. The average molecular weight is 445 g/mol. The topological polar surface area (TPSA) is 42.5 Å². The van der Waals surface area contributed by atoms with Gasteiger partial charge in [0.1, 0.15) is 23.0 Å². The zero-order valence-corrected chi connectivity index (χ0v) is 18.5. The largest absolute Gasteiger partial charge is 0.457 e. The maximum Gasteiger partial charge on any atom is 0.131 e. The molecule has 0 saturated heterocycles. The number of rotatable bonds is 8. The molecular weight excluding hydrogens is 420 g/mol. The third-order valence-corrected chi connectivity index (χ3v) is 5.07. The fraction of sp³-hybridized carbons (Fsp3) is 0. The first-order valence-corrected chi connectivity index (χ1v) is 11.1. The van der Waals surface area contributed by atoms with E-state index in [1.165, 1.54) is 0 Å². The molecule has 0 saturated carbocycles. The maximum atomic E-state index is 6.11. The van der Waals surface area contributed by atoms with Gasteiger partial charge in [-0.25, -0.2) is 0 Å². The van der Waals surface area contributed by atoms with Gasteiger partial charge in [0.2, 0.25) is 0 Å². The summed E-state index contributed by atoms with van der Waals surface area (Å²) >= 11 is 0. The number of hydrogen-bond acceptors (Lipinski definition) is 4. The molecule has 0 unspecified atom stereocenters. The van der Waals surface area contributed by atoms with Gasteiger partial charge in [-0.15, -0.1) is 0 Å². The Labute approximate surface area is 199 Å². The molecule has 4 heteroatoms. The number of ether oxygens (including phenoxy) is 2. The molecule has 0 aliphatic carbocycles. The highest BCUT2D eigenvalue weighted by Gasteiger charge is 2.04. The molecule has 5 rings (SSSR count). The van der Waals surface area contributed by atoms with Gasteiger partial charge >= 0.3 is 0 Å². The number of anilines is 4. The van der Waals surface area contributed by atoms with Gasteiger partial charge in [0.15, 0.2) is 0 Å². The molecule has 0 aromatic heterocycles.